The zero-order valence-corrected chi connectivity index (χ0v) is 28.4. The molecular formula is C34H43N4O8S-. The number of carbonyl (C=O) groups is 3. The predicted molar refractivity (Wildman–Crippen MR) is 175 cm³/mol. The first-order valence-electron chi connectivity index (χ1n) is 16.0. The van der Waals surface area contributed by atoms with Crippen molar-refractivity contribution in [3.8, 4) is 11.3 Å². The minimum Gasteiger partial charge on any atom is -0.760 e. The highest BCUT2D eigenvalue weighted by Gasteiger charge is 2.41. The number of ether oxygens (including phenoxy) is 1. The molecule has 0 bridgehead atoms. The highest BCUT2D eigenvalue weighted by Crippen LogP contribution is 2.44. The monoisotopic (exact) mass is 667 g/mol. The van der Waals surface area contributed by atoms with E-state index in [1.54, 1.807) is 11.9 Å². The normalized spacial score (nSPS) is 17.1. The molecule has 2 aromatic heterocycles. The zero-order chi connectivity index (χ0) is 34.1. The van der Waals surface area contributed by atoms with Crippen LogP contribution in [0.4, 0.5) is 4.79 Å². The fourth-order valence-corrected chi connectivity index (χ4v) is 6.84. The number of likely N-dealkylation sites (tertiary alicyclic amines) is 1. The number of aromatic nitrogens is 1. The molecule has 254 valence electrons. The lowest BCUT2D eigenvalue weighted by molar-refractivity contribution is -0.144. The van der Waals surface area contributed by atoms with Gasteiger partial charge in [-0.25, -0.2) is 14.1 Å². The number of carbonyl (C=O) groups excluding carboxylic acids is 2. The second kappa shape index (κ2) is 13.7. The zero-order valence-electron chi connectivity index (χ0n) is 27.6. The Hall–Kier alpha value is -3.81. The van der Waals surface area contributed by atoms with E-state index in [9.17, 15) is 28.3 Å². The molecule has 1 saturated heterocycles. The molecule has 0 spiro atoms. The minimum atomic E-state index is -2.59. The van der Waals surface area contributed by atoms with Crippen molar-refractivity contribution in [1.29, 1.82) is 0 Å². The summed E-state index contributed by atoms with van der Waals surface area (Å²) in [6.45, 7) is 8.35. The fraction of sp³-hybridized carbons (Fsp3) is 0.529. The van der Waals surface area contributed by atoms with Gasteiger partial charge in [0, 0.05) is 61.8 Å². The molecule has 2 aliphatic rings. The number of nitrogens with one attached hydrogen (secondary N) is 1. The van der Waals surface area contributed by atoms with Gasteiger partial charge in [0.15, 0.2) is 0 Å². The Morgan fingerprint density at radius 2 is 1.85 bits per heavy atom. The standard InChI is InChI=1S/C34H44N4O8S/c1-21-7-9-23(10-8-21)28-27(29(39)35-5)25-19-24(22-11-12-22)26(36-30(25)45-28)20-38(47(43)44)16-6-13-34(46-32(41)42)14-17-37(18-15-34)31(40)33(2,3)4/h7-10,19,22H,6,11-18,20H2,1-5H3,(H,35,39)(H,41,42)(H,43,44)/p-1. The van der Waals surface area contributed by atoms with Gasteiger partial charge in [-0.15, -0.1) is 0 Å². The van der Waals surface area contributed by atoms with Gasteiger partial charge < -0.3 is 29.0 Å². The number of hydrogen-bond acceptors (Lipinski definition) is 8. The molecule has 3 heterocycles. The van der Waals surface area contributed by atoms with Gasteiger partial charge in [-0.3, -0.25) is 13.8 Å². The molecule has 3 aromatic rings. The van der Waals surface area contributed by atoms with Gasteiger partial charge in [0.2, 0.25) is 11.6 Å². The summed E-state index contributed by atoms with van der Waals surface area (Å²) in [4.78, 5) is 44.0. The third kappa shape index (κ3) is 7.85. The van der Waals surface area contributed by atoms with Crippen LogP contribution >= 0.6 is 0 Å². The number of pyridine rings is 1. The number of rotatable bonds is 11. The maximum Gasteiger partial charge on any atom is 0.506 e. The van der Waals surface area contributed by atoms with Crippen molar-refractivity contribution >= 4 is 40.3 Å². The molecule has 13 heteroatoms. The lowest BCUT2D eigenvalue weighted by Gasteiger charge is -2.42. The van der Waals surface area contributed by atoms with E-state index in [0.717, 1.165) is 29.5 Å². The highest BCUT2D eigenvalue weighted by atomic mass is 32.2. The topological polar surface area (TPSA) is 165 Å². The number of hydrogen-bond donors (Lipinski definition) is 2. The van der Waals surface area contributed by atoms with Crippen molar-refractivity contribution in [3.63, 3.8) is 0 Å². The van der Waals surface area contributed by atoms with Crippen LogP contribution < -0.4 is 5.32 Å². The smallest absolute Gasteiger partial charge is 0.506 e. The second-order valence-corrected chi connectivity index (χ2v) is 14.6. The number of amides is 2. The van der Waals surface area contributed by atoms with Crippen molar-refractivity contribution in [3.05, 3.63) is 52.7 Å². The van der Waals surface area contributed by atoms with E-state index in [1.165, 1.54) is 4.31 Å². The molecule has 2 amide bonds. The van der Waals surface area contributed by atoms with Crippen LogP contribution in [0.25, 0.3) is 22.4 Å². The lowest BCUT2D eigenvalue weighted by Crippen LogP contribution is -2.51. The first-order chi connectivity index (χ1) is 22.2. The molecule has 1 aliphatic heterocycles. The van der Waals surface area contributed by atoms with Crippen LogP contribution in [0.3, 0.4) is 0 Å². The Morgan fingerprint density at radius 3 is 2.40 bits per heavy atom. The van der Waals surface area contributed by atoms with Gasteiger partial charge >= 0.3 is 6.16 Å². The summed E-state index contributed by atoms with van der Waals surface area (Å²) in [5, 5.41) is 12.8. The van der Waals surface area contributed by atoms with Crippen molar-refractivity contribution in [2.24, 2.45) is 5.41 Å². The SMILES string of the molecule is CNC(=O)c1c(-c2ccc(C)cc2)oc2nc(CN(CCCC3(OC(=O)O)CCN(C(=O)C(C)(C)C)CC3)S(=O)[O-])c(C3CC3)cc12. The van der Waals surface area contributed by atoms with Crippen molar-refractivity contribution in [2.75, 3.05) is 26.7 Å². The second-order valence-electron chi connectivity index (χ2n) is 13.7. The Bertz CT molecular complexity index is 1670. The quantitative estimate of drug-likeness (QED) is 0.198. The van der Waals surface area contributed by atoms with Gasteiger partial charge in [0.25, 0.3) is 5.91 Å². The number of aryl methyl sites for hydroxylation is 1. The summed E-state index contributed by atoms with van der Waals surface area (Å²) in [5.74, 6) is 0.292. The van der Waals surface area contributed by atoms with Crippen LogP contribution in [0.5, 0.6) is 0 Å². The van der Waals surface area contributed by atoms with Crippen LogP contribution in [0.1, 0.15) is 92.4 Å². The molecule has 12 nitrogen and oxygen atoms in total. The molecule has 1 unspecified atom stereocenters. The van der Waals surface area contributed by atoms with E-state index in [1.807, 2.05) is 58.0 Å². The van der Waals surface area contributed by atoms with Gasteiger partial charge in [0.05, 0.1) is 23.2 Å². The number of fused-ring (bicyclic) bond motifs is 1. The highest BCUT2D eigenvalue weighted by molar-refractivity contribution is 7.76. The molecule has 5 rings (SSSR count). The van der Waals surface area contributed by atoms with E-state index < -0.39 is 28.4 Å². The minimum absolute atomic E-state index is 0.00438. The van der Waals surface area contributed by atoms with Crippen molar-refractivity contribution in [2.45, 2.75) is 84.3 Å². The van der Waals surface area contributed by atoms with Crippen LogP contribution in [-0.4, -0.2) is 78.3 Å². The Labute approximate surface area is 277 Å². The molecular weight excluding hydrogens is 624 g/mol. The number of piperidine rings is 1. The van der Waals surface area contributed by atoms with Crippen molar-refractivity contribution < 1.29 is 37.4 Å². The van der Waals surface area contributed by atoms with Gasteiger partial charge in [-0.05, 0) is 50.2 Å². The number of benzene rings is 1. The molecule has 47 heavy (non-hydrogen) atoms. The fourth-order valence-electron chi connectivity index (χ4n) is 6.34. The molecule has 2 fully saturated rings. The molecule has 1 aliphatic carbocycles. The van der Waals surface area contributed by atoms with Crippen LogP contribution in [-0.2, 0) is 27.3 Å². The van der Waals surface area contributed by atoms with Gasteiger partial charge in [-0.2, -0.15) is 0 Å². The number of furan rings is 1. The Morgan fingerprint density at radius 1 is 1.19 bits per heavy atom. The molecule has 2 N–H and O–H groups in total. The third-order valence-electron chi connectivity index (χ3n) is 9.06. The summed E-state index contributed by atoms with van der Waals surface area (Å²) in [7, 11) is 1.56. The summed E-state index contributed by atoms with van der Waals surface area (Å²) in [5.41, 5.74) is 2.31. The summed E-state index contributed by atoms with van der Waals surface area (Å²) >= 11 is -2.59. The molecule has 1 saturated carbocycles. The average molecular weight is 668 g/mol. The first-order valence-corrected chi connectivity index (χ1v) is 17.1. The summed E-state index contributed by atoms with van der Waals surface area (Å²) < 4.78 is 37.8. The number of carboxylic acid groups (broad SMARTS) is 1. The molecule has 1 atom stereocenters. The number of nitrogens with zero attached hydrogens (tertiary/aromatic N) is 3. The lowest BCUT2D eigenvalue weighted by atomic mass is 9.85. The predicted octanol–water partition coefficient (Wildman–Crippen LogP) is 5.52. The van der Waals surface area contributed by atoms with Gasteiger partial charge in [-0.1, -0.05) is 50.6 Å². The molecule has 0 radical (unpaired) electrons. The Kier molecular flexibility index (Phi) is 10.1. The van der Waals surface area contributed by atoms with Crippen molar-refractivity contribution in [1.82, 2.24) is 19.5 Å². The van der Waals surface area contributed by atoms with E-state index >= 15 is 0 Å². The Balaban J connectivity index is 1.37. The maximum absolute atomic E-state index is 13.1. The molecule has 1 aromatic carbocycles. The van der Waals surface area contributed by atoms with Crippen LogP contribution in [0.2, 0.25) is 0 Å². The summed E-state index contributed by atoms with van der Waals surface area (Å²) in [6, 6.07) is 9.56. The van der Waals surface area contributed by atoms with E-state index in [4.69, 9.17) is 14.1 Å². The van der Waals surface area contributed by atoms with E-state index in [0.29, 0.717) is 61.2 Å². The third-order valence-corrected chi connectivity index (χ3v) is 9.80. The van der Waals surface area contributed by atoms with Crippen LogP contribution in [0, 0.1) is 12.3 Å². The van der Waals surface area contributed by atoms with E-state index in [-0.39, 0.29) is 36.5 Å². The van der Waals surface area contributed by atoms with Crippen LogP contribution in [0.15, 0.2) is 34.7 Å². The van der Waals surface area contributed by atoms with E-state index in [2.05, 4.69) is 5.32 Å². The maximum atomic E-state index is 13.1. The largest absolute Gasteiger partial charge is 0.760 e. The van der Waals surface area contributed by atoms with Gasteiger partial charge in [0.1, 0.15) is 11.4 Å². The average Bonchev–Trinajstić information content (AvgIpc) is 3.79. The summed E-state index contributed by atoms with van der Waals surface area (Å²) in [6.07, 6.45) is 1.79. The first kappa shape index (κ1) is 34.5.